The third kappa shape index (κ3) is 4.42. The van der Waals surface area contributed by atoms with Crippen molar-refractivity contribution in [3.05, 3.63) is 53.9 Å². The van der Waals surface area contributed by atoms with Gasteiger partial charge in [0.15, 0.2) is 0 Å². The summed E-state index contributed by atoms with van der Waals surface area (Å²) in [7, 11) is 0. The second-order valence-electron chi connectivity index (χ2n) is 6.40. The van der Waals surface area contributed by atoms with Gasteiger partial charge in [0.05, 0.1) is 17.3 Å². The van der Waals surface area contributed by atoms with Crippen LogP contribution in [-0.2, 0) is 16.8 Å². The monoisotopic (exact) mass is 315 g/mol. The normalized spacial score (nSPS) is 12.7. The van der Waals surface area contributed by atoms with Crippen molar-refractivity contribution in [1.82, 2.24) is 15.1 Å². The van der Waals surface area contributed by atoms with E-state index in [1.165, 1.54) is 6.20 Å². The predicted octanol–water partition coefficient (Wildman–Crippen LogP) is 2.06. The molecule has 0 aliphatic rings. The Morgan fingerprint density at radius 2 is 1.91 bits per heavy atom. The number of hydrogen-bond donors (Lipinski definition) is 2. The molecule has 2 aromatic rings. The van der Waals surface area contributed by atoms with Crippen molar-refractivity contribution < 1.29 is 14.7 Å². The number of carboxylic acid groups (broad SMARTS) is 1. The lowest BCUT2D eigenvalue weighted by Crippen LogP contribution is -2.42. The van der Waals surface area contributed by atoms with E-state index in [1.54, 1.807) is 10.9 Å². The Balaban J connectivity index is 2.09. The molecule has 2 N–H and O–H groups in total. The molecule has 0 aliphatic carbocycles. The molecule has 0 spiro atoms. The van der Waals surface area contributed by atoms with Gasteiger partial charge in [-0.15, -0.1) is 0 Å². The smallest absolute Gasteiger partial charge is 0.326 e. The third-order valence-electron chi connectivity index (χ3n) is 3.42. The molecular weight excluding hydrogens is 294 g/mol. The Labute approximate surface area is 135 Å². The van der Waals surface area contributed by atoms with Crippen LogP contribution in [-0.4, -0.2) is 32.8 Å². The lowest BCUT2D eigenvalue weighted by molar-refractivity contribution is -0.139. The van der Waals surface area contributed by atoms with Gasteiger partial charge in [-0.1, -0.05) is 30.3 Å². The molecule has 0 aliphatic heterocycles. The average molecular weight is 315 g/mol. The van der Waals surface area contributed by atoms with Crippen LogP contribution in [0.1, 0.15) is 36.7 Å². The highest BCUT2D eigenvalue weighted by molar-refractivity contribution is 5.96. The fourth-order valence-corrected chi connectivity index (χ4v) is 2.10. The first-order valence-corrected chi connectivity index (χ1v) is 7.40. The summed E-state index contributed by atoms with van der Waals surface area (Å²) in [5, 5.41) is 16.0. The summed E-state index contributed by atoms with van der Waals surface area (Å²) >= 11 is 0. The van der Waals surface area contributed by atoms with Gasteiger partial charge in [0, 0.05) is 12.6 Å². The first kappa shape index (κ1) is 16.7. The minimum absolute atomic E-state index is 0.231. The number of amides is 1. The Morgan fingerprint density at radius 1 is 1.26 bits per heavy atom. The van der Waals surface area contributed by atoms with Gasteiger partial charge in [-0.05, 0) is 26.3 Å². The zero-order valence-electron chi connectivity index (χ0n) is 13.5. The molecule has 6 nitrogen and oxygen atoms in total. The summed E-state index contributed by atoms with van der Waals surface area (Å²) in [5.41, 5.74) is 0.958. The molecule has 1 atom stereocenters. The summed E-state index contributed by atoms with van der Waals surface area (Å²) in [5.74, 6) is -1.51. The third-order valence-corrected chi connectivity index (χ3v) is 3.42. The van der Waals surface area contributed by atoms with Crippen LogP contribution in [0.15, 0.2) is 42.7 Å². The molecular formula is C17H21N3O3. The zero-order valence-corrected chi connectivity index (χ0v) is 13.5. The van der Waals surface area contributed by atoms with Crippen LogP contribution >= 0.6 is 0 Å². The molecule has 122 valence electrons. The molecule has 1 unspecified atom stereocenters. The molecule has 0 saturated heterocycles. The first-order chi connectivity index (χ1) is 10.8. The van der Waals surface area contributed by atoms with Gasteiger partial charge in [-0.2, -0.15) is 5.10 Å². The summed E-state index contributed by atoms with van der Waals surface area (Å²) in [6.45, 7) is 5.91. The van der Waals surface area contributed by atoms with Crippen molar-refractivity contribution in [2.24, 2.45) is 0 Å². The number of carbonyl (C=O) groups excluding carboxylic acids is 1. The van der Waals surface area contributed by atoms with E-state index in [0.717, 1.165) is 5.56 Å². The number of aliphatic carboxylic acids is 1. The molecule has 1 amide bonds. The van der Waals surface area contributed by atoms with Crippen molar-refractivity contribution in [2.75, 3.05) is 0 Å². The van der Waals surface area contributed by atoms with Crippen LogP contribution in [0, 0.1) is 0 Å². The number of carboxylic acids is 1. The minimum atomic E-state index is -1.06. The van der Waals surface area contributed by atoms with E-state index in [9.17, 15) is 14.7 Å². The highest BCUT2D eigenvalue weighted by atomic mass is 16.4. The molecule has 1 aromatic carbocycles. The van der Waals surface area contributed by atoms with E-state index in [1.807, 2.05) is 51.1 Å². The van der Waals surface area contributed by atoms with Gasteiger partial charge in [-0.3, -0.25) is 9.48 Å². The Morgan fingerprint density at radius 3 is 2.43 bits per heavy atom. The molecule has 2 rings (SSSR count). The second kappa shape index (κ2) is 6.64. The van der Waals surface area contributed by atoms with E-state index >= 15 is 0 Å². The summed E-state index contributed by atoms with van der Waals surface area (Å²) in [6, 6.07) is 8.22. The van der Waals surface area contributed by atoms with Crippen LogP contribution in [0.5, 0.6) is 0 Å². The van der Waals surface area contributed by atoms with Gasteiger partial charge < -0.3 is 10.4 Å². The number of carbonyl (C=O) groups is 2. The van der Waals surface area contributed by atoms with Crippen LogP contribution in [0.25, 0.3) is 0 Å². The molecule has 1 aromatic heterocycles. The Bertz CT molecular complexity index is 687. The fraction of sp³-hybridized carbons (Fsp3) is 0.353. The largest absolute Gasteiger partial charge is 0.480 e. The van der Waals surface area contributed by atoms with Gasteiger partial charge >= 0.3 is 5.97 Å². The quantitative estimate of drug-likeness (QED) is 0.884. The Kier molecular flexibility index (Phi) is 4.83. The number of nitrogens with one attached hydrogen (secondary N) is 1. The number of nitrogens with zero attached hydrogens (tertiary/aromatic N) is 2. The maximum absolute atomic E-state index is 12.3. The molecule has 23 heavy (non-hydrogen) atoms. The van der Waals surface area contributed by atoms with Crippen molar-refractivity contribution in [3.63, 3.8) is 0 Å². The predicted molar refractivity (Wildman–Crippen MR) is 86.3 cm³/mol. The van der Waals surface area contributed by atoms with Gasteiger partial charge in [-0.25, -0.2) is 4.79 Å². The topological polar surface area (TPSA) is 84.2 Å². The number of aromatic nitrogens is 2. The number of benzene rings is 1. The maximum Gasteiger partial charge on any atom is 0.326 e. The minimum Gasteiger partial charge on any atom is -0.480 e. The van der Waals surface area contributed by atoms with Crippen molar-refractivity contribution in [3.8, 4) is 0 Å². The van der Waals surface area contributed by atoms with Crippen LogP contribution in [0.4, 0.5) is 0 Å². The van der Waals surface area contributed by atoms with Crippen molar-refractivity contribution >= 4 is 11.9 Å². The number of rotatable bonds is 5. The lowest BCUT2D eigenvalue weighted by atomic mass is 10.1. The van der Waals surface area contributed by atoms with Crippen LogP contribution in [0.2, 0.25) is 0 Å². The lowest BCUT2D eigenvalue weighted by Gasteiger charge is -2.18. The molecule has 0 fully saturated rings. The SMILES string of the molecule is CC(C)(C)n1cc(C(=O)NC(Cc2ccccc2)C(=O)O)cn1. The van der Waals surface area contributed by atoms with Gasteiger partial charge in [0.25, 0.3) is 5.91 Å². The van der Waals surface area contributed by atoms with Gasteiger partial charge in [0.1, 0.15) is 6.04 Å². The van der Waals surface area contributed by atoms with E-state index in [0.29, 0.717) is 5.56 Å². The average Bonchev–Trinajstić information content (AvgIpc) is 2.97. The van der Waals surface area contributed by atoms with E-state index in [-0.39, 0.29) is 12.0 Å². The summed E-state index contributed by atoms with van der Waals surface area (Å²) in [6.07, 6.45) is 3.30. The van der Waals surface area contributed by atoms with E-state index in [2.05, 4.69) is 10.4 Å². The Hall–Kier alpha value is -2.63. The fourth-order valence-electron chi connectivity index (χ4n) is 2.10. The maximum atomic E-state index is 12.3. The zero-order chi connectivity index (χ0) is 17.0. The highest BCUT2D eigenvalue weighted by Gasteiger charge is 2.23. The standard InChI is InChI=1S/C17H21N3O3/c1-17(2,3)20-11-13(10-18-20)15(21)19-14(16(22)23)9-12-7-5-4-6-8-12/h4-8,10-11,14H,9H2,1-3H3,(H,19,21)(H,22,23). The molecule has 0 saturated carbocycles. The second-order valence-corrected chi connectivity index (χ2v) is 6.40. The van der Waals surface area contributed by atoms with Crippen LogP contribution < -0.4 is 5.32 Å². The van der Waals surface area contributed by atoms with Crippen molar-refractivity contribution in [2.45, 2.75) is 38.8 Å². The first-order valence-electron chi connectivity index (χ1n) is 7.40. The van der Waals surface area contributed by atoms with E-state index in [4.69, 9.17) is 0 Å². The molecule has 1 heterocycles. The number of hydrogen-bond acceptors (Lipinski definition) is 3. The molecule has 0 bridgehead atoms. The summed E-state index contributed by atoms with van der Waals surface area (Å²) < 4.78 is 1.68. The molecule has 6 heteroatoms. The van der Waals surface area contributed by atoms with E-state index < -0.39 is 17.9 Å². The van der Waals surface area contributed by atoms with Crippen LogP contribution in [0.3, 0.4) is 0 Å². The van der Waals surface area contributed by atoms with Crippen molar-refractivity contribution in [1.29, 1.82) is 0 Å². The molecule has 0 radical (unpaired) electrons. The summed E-state index contributed by atoms with van der Waals surface area (Å²) in [4.78, 5) is 23.7. The highest BCUT2D eigenvalue weighted by Crippen LogP contribution is 2.13. The van der Waals surface area contributed by atoms with Gasteiger partial charge in [0.2, 0.25) is 0 Å².